The van der Waals surface area contributed by atoms with Crippen LogP contribution in [0.5, 0.6) is 11.5 Å². The van der Waals surface area contributed by atoms with Crippen LogP contribution in [0.3, 0.4) is 0 Å². The Morgan fingerprint density at radius 2 is 1.89 bits per heavy atom. The number of anilines is 1. The molecule has 1 aliphatic rings. The Morgan fingerprint density at radius 3 is 2.68 bits per heavy atom. The highest BCUT2D eigenvalue weighted by Gasteiger charge is 2.16. The third-order valence-corrected chi connectivity index (χ3v) is 3.32. The van der Waals surface area contributed by atoms with Crippen molar-refractivity contribution < 1.29 is 9.47 Å². The van der Waals surface area contributed by atoms with Gasteiger partial charge in [-0.05, 0) is 30.2 Å². The number of fused-ring (bicyclic) bond motifs is 1. The van der Waals surface area contributed by atoms with E-state index in [0.29, 0.717) is 6.79 Å². The maximum absolute atomic E-state index is 5.49. The highest BCUT2D eigenvalue weighted by atomic mass is 16.7. The molecule has 0 saturated heterocycles. The first-order valence-electron chi connectivity index (χ1n) is 6.57. The minimum Gasteiger partial charge on any atom is -0.454 e. The van der Waals surface area contributed by atoms with E-state index >= 15 is 0 Å². The molecule has 19 heavy (non-hydrogen) atoms. The van der Waals surface area contributed by atoms with Crippen LogP contribution < -0.4 is 14.8 Å². The summed E-state index contributed by atoms with van der Waals surface area (Å²) in [7, 11) is 0. The number of hydrogen-bond donors (Lipinski definition) is 1. The zero-order chi connectivity index (χ0) is 13.1. The van der Waals surface area contributed by atoms with Gasteiger partial charge in [-0.1, -0.05) is 31.2 Å². The van der Waals surface area contributed by atoms with Gasteiger partial charge in [-0.2, -0.15) is 0 Å². The maximum Gasteiger partial charge on any atom is 0.231 e. The van der Waals surface area contributed by atoms with Crippen LogP contribution in [-0.2, 0) is 13.0 Å². The summed E-state index contributed by atoms with van der Waals surface area (Å²) < 4.78 is 10.9. The molecule has 3 nitrogen and oxygen atoms in total. The summed E-state index contributed by atoms with van der Waals surface area (Å²) in [5, 5.41) is 3.41. The Labute approximate surface area is 113 Å². The Morgan fingerprint density at radius 1 is 1.05 bits per heavy atom. The lowest BCUT2D eigenvalue weighted by molar-refractivity contribution is 0.173. The SMILES string of the molecule is CCc1ccc(NCc2cccc3c2OCO3)cc1. The van der Waals surface area contributed by atoms with Gasteiger partial charge in [0.25, 0.3) is 0 Å². The fourth-order valence-electron chi connectivity index (χ4n) is 2.19. The lowest BCUT2D eigenvalue weighted by Crippen LogP contribution is -2.01. The second kappa shape index (κ2) is 5.22. The van der Waals surface area contributed by atoms with Crippen LogP contribution in [0.1, 0.15) is 18.1 Å². The van der Waals surface area contributed by atoms with Gasteiger partial charge in [0.05, 0.1) is 0 Å². The summed E-state index contributed by atoms with van der Waals surface area (Å²) in [4.78, 5) is 0. The lowest BCUT2D eigenvalue weighted by atomic mass is 10.1. The molecule has 0 fully saturated rings. The second-order valence-electron chi connectivity index (χ2n) is 4.55. The smallest absolute Gasteiger partial charge is 0.231 e. The Bertz CT molecular complexity index is 563. The maximum atomic E-state index is 5.49. The van der Waals surface area contributed by atoms with Crippen molar-refractivity contribution in [2.75, 3.05) is 12.1 Å². The molecule has 3 heteroatoms. The van der Waals surface area contributed by atoms with Crippen LogP contribution in [0.4, 0.5) is 5.69 Å². The van der Waals surface area contributed by atoms with Gasteiger partial charge in [0.1, 0.15) is 0 Å². The van der Waals surface area contributed by atoms with Gasteiger partial charge in [-0.15, -0.1) is 0 Å². The summed E-state index contributed by atoms with van der Waals surface area (Å²) in [6.07, 6.45) is 1.07. The second-order valence-corrected chi connectivity index (χ2v) is 4.55. The Hall–Kier alpha value is -2.16. The first-order chi connectivity index (χ1) is 9.36. The van der Waals surface area contributed by atoms with Crippen LogP contribution in [0.2, 0.25) is 0 Å². The van der Waals surface area contributed by atoms with E-state index in [1.54, 1.807) is 0 Å². The van der Waals surface area contributed by atoms with Gasteiger partial charge in [0.2, 0.25) is 6.79 Å². The largest absolute Gasteiger partial charge is 0.454 e. The quantitative estimate of drug-likeness (QED) is 0.905. The standard InChI is InChI=1S/C16H17NO2/c1-2-12-6-8-14(9-7-12)17-10-13-4-3-5-15-16(13)19-11-18-15/h3-9,17H,2,10-11H2,1H3. The van der Waals surface area contributed by atoms with E-state index in [9.17, 15) is 0 Å². The summed E-state index contributed by atoms with van der Waals surface area (Å²) in [5.41, 5.74) is 3.59. The zero-order valence-electron chi connectivity index (χ0n) is 11.0. The molecular weight excluding hydrogens is 238 g/mol. The van der Waals surface area contributed by atoms with E-state index in [0.717, 1.165) is 35.7 Å². The van der Waals surface area contributed by atoms with Crippen LogP contribution >= 0.6 is 0 Å². The van der Waals surface area contributed by atoms with Crippen molar-refractivity contribution in [3.8, 4) is 11.5 Å². The van der Waals surface area contributed by atoms with E-state index in [1.807, 2.05) is 12.1 Å². The van der Waals surface area contributed by atoms with E-state index in [1.165, 1.54) is 5.56 Å². The van der Waals surface area contributed by atoms with Crippen molar-refractivity contribution >= 4 is 5.69 Å². The van der Waals surface area contributed by atoms with Crippen molar-refractivity contribution in [2.45, 2.75) is 19.9 Å². The van der Waals surface area contributed by atoms with Crippen LogP contribution in [0.25, 0.3) is 0 Å². The minimum absolute atomic E-state index is 0.317. The molecule has 2 aromatic rings. The fourth-order valence-corrected chi connectivity index (χ4v) is 2.19. The number of aryl methyl sites for hydroxylation is 1. The highest BCUT2D eigenvalue weighted by molar-refractivity contribution is 5.51. The Kier molecular flexibility index (Phi) is 3.27. The van der Waals surface area contributed by atoms with Gasteiger partial charge in [0, 0.05) is 17.8 Å². The van der Waals surface area contributed by atoms with Gasteiger partial charge in [-0.3, -0.25) is 0 Å². The lowest BCUT2D eigenvalue weighted by Gasteiger charge is -2.09. The number of rotatable bonds is 4. The van der Waals surface area contributed by atoms with Crippen LogP contribution in [-0.4, -0.2) is 6.79 Å². The zero-order valence-corrected chi connectivity index (χ0v) is 11.0. The average molecular weight is 255 g/mol. The molecule has 0 aromatic heterocycles. The topological polar surface area (TPSA) is 30.5 Å². The molecule has 3 rings (SSSR count). The molecule has 0 amide bonds. The normalized spacial score (nSPS) is 12.5. The number of ether oxygens (including phenoxy) is 2. The van der Waals surface area contributed by atoms with Gasteiger partial charge in [-0.25, -0.2) is 0 Å². The molecule has 1 aliphatic heterocycles. The van der Waals surface area contributed by atoms with Crippen molar-refractivity contribution in [2.24, 2.45) is 0 Å². The number of benzene rings is 2. The fraction of sp³-hybridized carbons (Fsp3) is 0.250. The first-order valence-corrected chi connectivity index (χ1v) is 6.57. The van der Waals surface area contributed by atoms with Crippen molar-refractivity contribution in [3.05, 3.63) is 53.6 Å². The Balaban J connectivity index is 1.70. The van der Waals surface area contributed by atoms with E-state index in [2.05, 4.69) is 42.6 Å². The van der Waals surface area contributed by atoms with E-state index < -0.39 is 0 Å². The highest BCUT2D eigenvalue weighted by Crippen LogP contribution is 2.35. The minimum atomic E-state index is 0.317. The molecule has 1 N–H and O–H groups in total. The molecular formula is C16H17NO2. The van der Waals surface area contributed by atoms with Crippen LogP contribution in [0, 0.1) is 0 Å². The summed E-state index contributed by atoms with van der Waals surface area (Å²) in [6, 6.07) is 14.5. The third-order valence-electron chi connectivity index (χ3n) is 3.32. The van der Waals surface area contributed by atoms with E-state index in [4.69, 9.17) is 9.47 Å². The van der Waals surface area contributed by atoms with Crippen LogP contribution in [0.15, 0.2) is 42.5 Å². The predicted molar refractivity (Wildman–Crippen MR) is 75.7 cm³/mol. The van der Waals surface area contributed by atoms with Crippen molar-refractivity contribution in [1.82, 2.24) is 0 Å². The molecule has 1 heterocycles. The monoisotopic (exact) mass is 255 g/mol. The number of hydrogen-bond acceptors (Lipinski definition) is 3. The first kappa shape index (κ1) is 11.9. The third kappa shape index (κ3) is 2.50. The molecule has 0 bridgehead atoms. The van der Waals surface area contributed by atoms with Gasteiger partial charge in [0.15, 0.2) is 11.5 Å². The van der Waals surface area contributed by atoms with Crippen molar-refractivity contribution in [3.63, 3.8) is 0 Å². The van der Waals surface area contributed by atoms with Gasteiger partial charge >= 0.3 is 0 Å². The van der Waals surface area contributed by atoms with Crippen molar-refractivity contribution in [1.29, 1.82) is 0 Å². The van der Waals surface area contributed by atoms with E-state index in [-0.39, 0.29) is 0 Å². The molecule has 0 atom stereocenters. The summed E-state index contributed by atoms with van der Waals surface area (Å²) >= 11 is 0. The predicted octanol–water partition coefficient (Wildman–Crippen LogP) is 3.59. The molecule has 0 aliphatic carbocycles. The molecule has 2 aromatic carbocycles. The molecule has 0 saturated carbocycles. The average Bonchev–Trinajstić information content (AvgIpc) is 2.94. The summed E-state index contributed by atoms with van der Waals surface area (Å²) in [5.74, 6) is 1.70. The number of nitrogens with one attached hydrogen (secondary N) is 1. The molecule has 0 spiro atoms. The molecule has 0 unspecified atom stereocenters. The molecule has 0 radical (unpaired) electrons. The van der Waals surface area contributed by atoms with Gasteiger partial charge < -0.3 is 14.8 Å². The number of para-hydroxylation sites is 1. The molecule has 98 valence electrons. The summed E-state index contributed by atoms with van der Waals surface area (Å²) in [6.45, 7) is 3.21.